The Morgan fingerprint density at radius 1 is 1.14 bits per heavy atom. The van der Waals surface area contributed by atoms with E-state index in [1.54, 1.807) is 12.4 Å². The smallest absolute Gasteiger partial charge is 0.249 e. The van der Waals surface area contributed by atoms with Gasteiger partial charge in [0.2, 0.25) is 5.91 Å². The summed E-state index contributed by atoms with van der Waals surface area (Å²) in [7, 11) is 0. The van der Waals surface area contributed by atoms with E-state index in [4.69, 9.17) is 4.74 Å². The first-order valence-electron chi connectivity index (χ1n) is 7.46. The SMILES string of the molecule is O=C(NCc1ccc(Nc2ccncc2)cc1)[C@H]1CCCO1. The molecular weight excluding hydrogens is 278 g/mol. The van der Waals surface area contributed by atoms with Gasteiger partial charge in [0.05, 0.1) is 0 Å². The number of hydrogen-bond acceptors (Lipinski definition) is 4. The van der Waals surface area contributed by atoms with Gasteiger partial charge >= 0.3 is 0 Å². The molecule has 2 heterocycles. The molecule has 114 valence electrons. The lowest BCUT2D eigenvalue weighted by molar-refractivity contribution is -0.130. The number of carbonyl (C=O) groups is 1. The number of pyridine rings is 1. The highest BCUT2D eigenvalue weighted by Gasteiger charge is 2.22. The quantitative estimate of drug-likeness (QED) is 0.890. The summed E-state index contributed by atoms with van der Waals surface area (Å²) in [5, 5.41) is 6.21. The van der Waals surface area contributed by atoms with Crippen LogP contribution in [0.2, 0.25) is 0 Å². The van der Waals surface area contributed by atoms with Crippen molar-refractivity contribution in [3.8, 4) is 0 Å². The standard InChI is InChI=1S/C17H19N3O2/c21-17(16-2-1-11-22-16)19-12-13-3-5-14(6-4-13)20-15-7-9-18-10-8-15/h3-10,16H,1-2,11-12H2,(H,18,20)(H,19,21)/t16-/m1/s1. The van der Waals surface area contributed by atoms with Crippen LogP contribution in [0.25, 0.3) is 0 Å². The summed E-state index contributed by atoms with van der Waals surface area (Å²) in [6.45, 7) is 1.21. The molecular formula is C17H19N3O2. The average Bonchev–Trinajstić information content (AvgIpc) is 3.09. The van der Waals surface area contributed by atoms with Crippen molar-refractivity contribution in [3.63, 3.8) is 0 Å². The van der Waals surface area contributed by atoms with Gasteiger partial charge in [0, 0.05) is 36.9 Å². The molecule has 1 fully saturated rings. The van der Waals surface area contributed by atoms with Gasteiger partial charge in [-0.3, -0.25) is 9.78 Å². The van der Waals surface area contributed by atoms with Gasteiger partial charge in [-0.2, -0.15) is 0 Å². The van der Waals surface area contributed by atoms with Crippen LogP contribution in [0.3, 0.4) is 0 Å². The molecule has 1 saturated heterocycles. The van der Waals surface area contributed by atoms with E-state index < -0.39 is 0 Å². The number of carbonyl (C=O) groups excluding carboxylic acids is 1. The molecule has 1 amide bonds. The monoisotopic (exact) mass is 297 g/mol. The summed E-state index contributed by atoms with van der Waals surface area (Å²) in [5.41, 5.74) is 3.06. The minimum absolute atomic E-state index is 0.0171. The first-order chi connectivity index (χ1) is 10.8. The van der Waals surface area contributed by atoms with Crippen molar-refractivity contribution in [2.75, 3.05) is 11.9 Å². The Morgan fingerprint density at radius 3 is 2.55 bits per heavy atom. The van der Waals surface area contributed by atoms with Crippen LogP contribution in [0.4, 0.5) is 11.4 Å². The lowest BCUT2D eigenvalue weighted by Crippen LogP contribution is -2.33. The van der Waals surface area contributed by atoms with Crippen LogP contribution in [-0.4, -0.2) is 23.6 Å². The van der Waals surface area contributed by atoms with E-state index in [2.05, 4.69) is 15.6 Å². The highest BCUT2D eigenvalue weighted by Crippen LogP contribution is 2.16. The van der Waals surface area contributed by atoms with Crippen molar-refractivity contribution in [1.82, 2.24) is 10.3 Å². The molecule has 0 saturated carbocycles. The van der Waals surface area contributed by atoms with Crippen molar-refractivity contribution in [3.05, 3.63) is 54.4 Å². The maximum Gasteiger partial charge on any atom is 0.249 e. The molecule has 0 spiro atoms. The molecule has 0 unspecified atom stereocenters. The van der Waals surface area contributed by atoms with Crippen LogP contribution in [0.15, 0.2) is 48.8 Å². The van der Waals surface area contributed by atoms with Gasteiger partial charge in [-0.25, -0.2) is 0 Å². The summed E-state index contributed by atoms with van der Waals surface area (Å²) >= 11 is 0. The lowest BCUT2D eigenvalue weighted by atomic mass is 10.2. The number of aromatic nitrogens is 1. The first kappa shape index (κ1) is 14.5. The summed E-state index contributed by atoms with van der Waals surface area (Å²) in [4.78, 5) is 15.9. The molecule has 5 heteroatoms. The Bertz CT molecular complexity index is 608. The third-order valence-electron chi connectivity index (χ3n) is 3.61. The molecule has 22 heavy (non-hydrogen) atoms. The molecule has 1 aromatic heterocycles. The first-order valence-corrected chi connectivity index (χ1v) is 7.46. The molecule has 1 aliphatic heterocycles. The second-order valence-electron chi connectivity index (χ2n) is 5.28. The number of benzene rings is 1. The predicted molar refractivity (Wildman–Crippen MR) is 84.8 cm³/mol. The average molecular weight is 297 g/mol. The molecule has 1 aromatic carbocycles. The van der Waals surface area contributed by atoms with Crippen LogP contribution in [-0.2, 0) is 16.1 Å². The zero-order valence-corrected chi connectivity index (χ0v) is 12.3. The van der Waals surface area contributed by atoms with E-state index in [1.165, 1.54) is 0 Å². The fraction of sp³-hybridized carbons (Fsp3) is 0.294. The Balaban J connectivity index is 1.52. The Morgan fingerprint density at radius 2 is 1.86 bits per heavy atom. The van der Waals surface area contributed by atoms with Crippen LogP contribution < -0.4 is 10.6 Å². The fourth-order valence-corrected chi connectivity index (χ4v) is 2.40. The van der Waals surface area contributed by atoms with Crippen LogP contribution >= 0.6 is 0 Å². The van der Waals surface area contributed by atoms with Gasteiger partial charge < -0.3 is 15.4 Å². The molecule has 1 aliphatic rings. The van der Waals surface area contributed by atoms with E-state index in [1.807, 2.05) is 36.4 Å². The minimum Gasteiger partial charge on any atom is -0.368 e. The molecule has 2 N–H and O–H groups in total. The van der Waals surface area contributed by atoms with Crippen LogP contribution in [0.1, 0.15) is 18.4 Å². The highest BCUT2D eigenvalue weighted by atomic mass is 16.5. The maximum absolute atomic E-state index is 11.9. The van der Waals surface area contributed by atoms with Crippen molar-refractivity contribution in [2.24, 2.45) is 0 Å². The maximum atomic E-state index is 11.9. The van der Waals surface area contributed by atoms with Gasteiger partial charge in [0.15, 0.2) is 0 Å². The van der Waals surface area contributed by atoms with Crippen LogP contribution in [0.5, 0.6) is 0 Å². The number of ether oxygens (including phenoxy) is 1. The second kappa shape index (κ2) is 7.04. The highest BCUT2D eigenvalue weighted by molar-refractivity contribution is 5.80. The molecule has 2 aromatic rings. The normalized spacial score (nSPS) is 17.2. The lowest BCUT2D eigenvalue weighted by Gasteiger charge is -2.11. The third kappa shape index (κ3) is 3.83. The van der Waals surface area contributed by atoms with Crippen molar-refractivity contribution in [2.45, 2.75) is 25.5 Å². The number of hydrogen-bond donors (Lipinski definition) is 2. The van der Waals surface area contributed by atoms with Crippen molar-refractivity contribution < 1.29 is 9.53 Å². The Labute approximate surface area is 129 Å². The van der Waals surface area contributed by atoms with Gasteiger partial charge in [0.25, 0.3) is 0 Å². The van der Waals surface area contributed by atoms with Crippen LogP contribution in [0, 0.1) is 0 Å². The molecule has 5 nitrogen and oxygen atoms in total. The van der Waals surface area contributed by atoms with E-state index in [-0.39, 0.29) is 12.0 Å². The third-order valence-corrected chi connectivity index (χ3v) is 3.61. The summed E-state index contributed by atoms with van der Waals surface area (Å²) in [6.07, 6.45) is 5.01. The van der Waals surface area contributed by atoms with E-state index in [9.17, 15) is 4.79 Å². The molecule has 3 rings (SSSR count). The molecule has 1 atom stereocenters. The summed E-state index contributed by atoms with van der Waals surface area (Å²) < 4.78 is 5.36. The number of anilines is 2. The summed E-state index contributed by atoms with van der Waals surface area (Å²) in [6, 6.07) is 11.8. The Hall–Kier alpha value is -2.40. The van der Waals surface area contributed by atoms with E-state index >= 15 is 0 Å². The number of amides is 1. The number of nitrogens with one attached hydrogen (secondary N) is 2. The topological polar surface area (TPSA) is 63.2 Å². The van der Waals surface area contributed by atoms with Gasteiger partial charge in [-0.05, 0) is 42.7 Å². The zero-order valence-electron chi connectivity index (χ0n) is 12.3. The Kier molecular flexibility index (Phi) is 4.65. The van der Waals surface area contributed by atoms with E-state index in [0.717, 1.165) is 29.8 Å². The minimum atomic E-state index is -0.271. The van der Waals surface area contributed by atoms with E-state index in [0.29, 0.717) is 13.2 Å². The second-order valence-corrected chi connectivity index (χ2v) is 5.28. The van der Waals surface area contributed by atoms with Crippen molar-refractivity contribution in [1.29, 1.82) is 0 Å². The zero-order chi connectivity index (χ0) is 15.2. The van der Waals surface area contributed by atoms with Gasteiger partial charge in [0.1, 0.15) is 6.10 Å². The molecule has 0 radical (unpaired) electrons. The summed E-state index contributed by atoms with van der Waals surface area (Å²) in [5.74, 6) is -0.0171. The largest absolute Gasteiger partial charge is 0.368 e. The predicted octanol–water partition coefficient (Wildman–Crippen LogP) is 2.62. The number of rotatable bonds is 5. The van der Waals surface area contributed by atoms with Gasteiger partial charge in [-0.15, -0.1) is 0 Å². The van der Waals surface area contributed by atoms with Crippen molar-refractivity contribution >= 4 is 17.3 Å². The van der Waals surface area contributed by atoms with Gasteiger partial charge in [-0.1, -0.05) is 12.1 Å². The molecule has 0 aliphatic carbocycles. The fourth-order valence-electron chi connectivity index (χ4n) is 2.40. The number of nitrogens with zero attached hydrogens (tertiary/aromatic N) is 1. The molecule has 0 bridgehead atoms.